The summed E-state index contributed by atoms with van der Waals surface area (Å²) >= 11 is 1.49. The van der Waals surface area contributed by atoms with Crippen molar-refractivity contribution in [2.24, 2.45) is 0 Å². The van der Waals surface area contributed by atoms with Gasteiger partial charge in [0.15, 0.2) is 0 Å². The molecule has 0 atom stereocenters. The number of aliphatic hydroxyl groups is 1. The minimum absolute atomic E-state index is 0.115. The highest BCUT2D eigenvalue weighted by molar-refractivity contribution is 7.17. The Kier molecular flexibility index (Phi) is 4.77. The third-order valence-corrected chi connectivity index (χ3v) is 4.88. The molecule has 2 aromatic heterocycles. The lowest BCUT2D eigenvalue weighted by Gasteiger charge is -2.24. The second kappa shape index (κ2) is 6.71. The van der Waals surface area contributed by atoms with Gasteiger partial charge < -0.3 is 10.1 Å². The number of rotatable bonds is 5. The number of nitrogens with zero attached hydrogens (tertiary/aromatic N) is 2. The van der Waals surface area contributed by atoms with Crippen LogP contribution in [0.2, 0.25) is 0 Å². The van der Waals surface area contributed by atoms with Crippen LogP contribution in [0.15, 0.2) is 34.4 Å². The summed E-state index contributed by atoms with van der Waals surface area (Å²) in [5.74, 6) is 0.613. The molecule has 0 saturated carbocycles. The molecule has 0 fully saturated rings. The summed E-state index contributed by atoms with van der Waals surface area (Å²) in [7, 11) is 1.90. The summed E-state index contributed by atoms with van der Waals surface area (Å²) in [6, 6.07) is 8.04. The maximum Gasteiger partial charge on any atom is 0.260 e. The highest BCUT2D eigenvalue weighted by Gasteiger charge is 2.18. The van der Waals surface area contributed by atoms with Crippen molar-refractivity contribution < 1.29 is 5.11 Å². The normalized spacial score (nSPS) is 12.2. The Hall–Kier alpha value is -2.02. The van der Waals surface area contributed by atoms with E-state index >= 15 is 0 Å². The Morgan fingerprint density at radius 1 is 1.28 bits per heavy atom. The lowest BCUT2D eigenvalue weighted by molar-refractivity contribution is 0.0418. The standard InChI is InChI=1S/C19H23N3O2S/c1-12-7-5-6-8-13(12)14-10-25-18-16(14)17(23)20-15(21-18)9-22(4)11-19(2,3)24/h5-8,10,24H,9,11H2,1-4H3,(H,20,21,23). The van der Waals surface area contributed by atoms with E-state index in [0.29, 0.717) is 24.3 Å². The van der Waals surface area contributed by atoms with E-state index in [1.807, 2.05) is 48.5 Å². The second-order valence-electron chi connectivity index (χ2n) is 7.14. The van der Waals surface area contributed by atoms with Gasteiger partial charge in [-0.2, -0.15) is 0 Å². The van der Waals surface area contributed by atoms with Crippen molar-refractivity contribution in [2.75, 3.05) is 13.6 Å². The van der Waals surface area contributed by atoms with E-state index < -0.39 is 5.60 Å². The van der Waals surface area contributed by atoms with Gasteiger partial charge in [-0.25, -0.2) is 4.98 Å². The number of aromatic nitrogens is 2. The first-order valence-corrected chi connectivity index (χ1v) is 9.10. The van der Waals surface area contributed by atoms with Crippen LogP contribution in [-0.4, -0.2) is 39.2 Å². The minimum atomic E-state index is -0.792. The predicted molar refractivity (Wildman–Crippen MR) is 103 cm³/mol. The van der Waals surface area contributed by atoms with Crippen LogP contribution in [0.4, 0.5) is 0 Å². The van der Waals surface area contributed by atoms with Crippen molar-refractivity contribution >= 4 is 21.6 Å². The molecule has 5 nitrogen and oxygen atoms in total. The molecule has 0 spiro atoms. The molecular weight excluding hydrogens is 334 g/mol. The highest BCUT2D eigenvalue weighted by atomic mass is 32.1. The van der Waals surface area contributed by atoms with Crippen molar-refractivity contribution in [3.05, 3.63) is 51.4 Å². The van der Waals surface area contributed by atoms with E-state index in [9.17, 15) is 9.90 Å². The lowest BCUT2D eigenvalue weighted by atomic mass is 10.0. The molecule has 25 heavy (non-hydrogen) atoms. The molecule has 2 N–H and O–H groups in total. The number of fused-ring (bicyclic) bond motifs is 1. The van der Waals surface area contributed by atoms with Gasteiger partial charge in [0, 0.05) is 17.5 Å². The van der Waals surface area contributed by atoms with Crippen LogP contribution in [0.1, 0.15) is 25.2 Å². The largest absolute Gasteiger partial charge is 0.389 e. The summed E-state index contributed by atoms with van der Waals surface area (Å²) < 4.78 is 0. The zero-order valence-electron chi connectivity index (χ0n) is 15.0. The van der Waals surface area contributed by atoms with Gasteiger partial charge in [0.05, 0.1) is 17.5 Å². The number of aromatic amines is 1. The fourth-order valence-electron chi connectivity index (χ4n) is 3.11. The molecule has 0 aliphatic carbocycles. The molecule has 0 bridgehead atoms. The number of hydrogen-bond acceptors (Lipinski definition) is 5. The average Bonchev–Trinajstić information content (AvgIpc) is 2.89. The number of hydrogen-bond donors (Lipinski definition) is 2. The van der Waals surface area contributed by atoms with Crippen molar-refractivity contribution in [1.29, 1.82) is 0 Å². The Morgan fingerprint density at radius 3 is 2.68 bits per heavy atom. The Balaban J connectivity index is 1.97. The van der Waals surface area contributed by atoms with E-state index in [1.165, 1.54) is 11.3 Å². The van der Waals surface area contributed by atoms with Crippen LogP contribution in [0, 0.1) is 6.92 Å². The average molecular weight is 357 g/mol. The smallest absolute Gasteiger partial charge is 0.260 e. The zero-order valence-corrected chi connectivity index (χ0v) is 15.8. The Morgan fingerprint density at radius 2 is 2.00 bits per heavy atom. The maximum absolute atomic E-state index is 12.7. The van der Waals surface area contributed by atoms with Crippen LogP contribution < -0.4 is 5.56 Å². The molecule has 3 rings (SSSR count). The van der Waals surface area contributed by atoms with Crippen molar-refractivity contribution in [3.8, 4) is 11.1 Å². The number of nitrogens with one attached hydrogen (secondary N) is 1. The molecule has 0 aliphatic rings. The summed E-state index contributed by atoms with van der Waals surface area (Å²) in [5.41, 5.74) is 2.23. The van der Waals surface area contributed by atoms with Crippen LogP contribution in [-0.2, 0) is 6.54 Å². The van der Waals surface area contributed by atoms with Crippen molar-refractivity contribution in [3.63, 3.8) is 0 Å². The van der Waals surface area contributed by atoms with Crippen LogP contribution >= 0.6 is 11.3 Å². The van der Waals surface area contributed by atoms with Crippen molar-refractivity contribution in [1.82, 2.24) is 14.9 Å². The van der Waals surface area contributed by atoms with Gasteiger partial charge in [-0.15, -0.1) is 11.3 Å². The monoisotopic (exact) mass is 357 g/mol. The van der Waals surface area contributed by atoms with Gasteiger partial charge in [-0.3, -0.25) is 9.69 Å². The van der Waals surface area contributed by atoms with Crippen LogP contribution in [0.3, 0.4) is 0 Å². The van der Waals surface area contributed by atoms with E-state index in [2.05, 4.69) is 9.97 Å². The Bertz CT molecular complexity index is 953. The molecule has 2 heterocycles. The predicted octanol–water partition coefficient (Wildman–Crippen LogP) is 3.16. The van der Waals surface area contributed by atoms with Gasteiger partial charge in [0.25, 0.3) is 5.56 Å². The molecule has 6 heteroatoms. The molecule has 0 saturated heterocycles. The number of H-pyrrole nitrogens is 1. The minimum Gasteiger partial charge on any atom is -0.389 e. The lowest BCUT2D eigenvalue weighted by Crippen LogP contribution is -2.36. The molecule has 0 amide bonds. The number of aryl methyl sites for hydroxylation is 1. The van der Waals surface area contributed by atoms with Gasteiger partial charge in [-0.05, 0) is 38.9 Å². The highest BCUT2D eigenvalue weighted by Crippen LogP contribution is 2.32. The SMILES string of the molecule is Cc1ccccc1-c1csc2nc(CN(C)CC(C)(C)O)[nH]c(=O)c12. The summed E-state index contributed by atoms with van der Waals surface area (Å²) in [6.45, 7) is 6.54. The molecular formula is C19H23N3O2S. The molecule has 3 aromatic rings. The van der Waals surface area contributed by atoms with Gasteiger partial charge in [0.2, 0.25) is 0 Å². The quantitative estimate of drug-likeness (QED) is 0.736. The number of benzene rings is 1. The third kappa shape index (κ3) is 3.98. The van der Waals surface area contributed by atoms with Gasteiger partial charge >= 0.3 is 0 Å². The fraction of sp³-hybridized carbons (Fsp3) is 0.368. The van der Waals surface area contributed by atoms with E-state index in [4.69, 9.17) is 0 Å². The summed E-state index contributed by atoms with van der Waals surface area (Å²) in [5, 5.41) is 12.6. The summed E-state index contributed by atoms with van der Waals surface area (Å²) in [4.78, 5) is 22.9. The first kappa shape index (κ1) is 17.8. The molecule has 0 radical (unpaired) electrons. The second-order valence-corrected chi connectivity index (χ2v) is 8.00. The first-order valence-electron chi connectivity index (χ1n) is 8.22. The maximum atomic E-state index is 12.7. The number of likely N-dealkylation sites (N-methyl/N-ethyl adjacent to an activating group) is 1. The molecule has 0 unspecified atom stereocenters. The van der Waals surface area contributed by atoms with Crippen LogP contribution in [0.5, 0.6) is 0 Å². The van der Waals surface area contributed by atoms with E-state index in [-0.39, 0.29) is 5.56 Å². The molecule has 132 valence electrons. The van der Waals surface area contributed by atoms with Gasteiger partial charge in [0.1, 0.15) is 10.7 Å². The summed E-state index contributed by atoms with van der Waals surface area (Å²) in [6.07, 6.45) is 0. The molecule has 0 aliphatic heterocycles. The fourth-order valence-corrected chi connectivity index (χ4v) is 4.07. The van der Waals surface area contributed by atoms with E-state index in [1.54, 1.807) is 13.8 Å². The first-order chi connectivity index (χ1) is 11.7. The topological polar surface area (TPSA) is 69.2 Å². The van der Waals surface area contributed by atoms with E-state index in [0.717, 1.165) is 21.5 Å². The third-order valence-electron chi connectivity index (χ3n) is 4.00. The van der Waals surface area contributed by atoms with Gasteiger partial charge in [-0.1, -0.05) is 24.3 Å². The Labute approximate surface area is 151 Å². The number of thiophene rings is 1. The zero-order chi connectivity index (χ0) is 18.2. The molecule has 1 aromatic carbocycles. The van der Waals surface area contributed by atoms with Crippen molar-refractivity contribution in [2.45, 2.75) is 32.9 Å². The van der Waals surface area contributed by atoms with Crippen LogP contribution in [0.25, 0.3) is 21.3 Å².